The van der Waals surface area contributed by atoms with E-state index in [0.717, 1.165) is 46.5 Å². The molecular weight excluding hydrogens is 400 g/mol. The maximum absolute atomic E-state index is 11.5. The van der Waals surface area contributed by atoms with Crippen LogP contribution in [-0.2, 0) is 21.0 Å². The molecule has 1 aliphatic rings. The fraction of sp³-hybridized carbons (Fsp3) is 0.227. The Bertz CT molecular complexity index is 1130. The van der Waals surface area contributed by atoms with Crippen LogP contribution in [0, 0.1) is 0 Å². The Hall–Kier alpha value is -3.10. The van der Waals surface area contributed by atoms with E-state index in [9.17, 15) is 8.76 Å². The second-order valence-corrected chi connectivity index (χ2v) is 9.20. The molecule has 3 aromatic rings. The van der Waals surface area contributed by atoms with Gasteiger partial charge in [-0.05, 0) is 35.9 Å². The van der Waals surface area contributed by atoms with E-state index < -0.39 is 10.4 Å². The molecule has 0 fully saturated rings. The minimum absolute atomic E-state index is 0.484. The average molecular weight is 425 g/mol. The van der Waals surface area contributed by atoms with E-state index in [2.05, 4.69) is 38.1 Å². The number of pyridine rings is 1. The van der Waals surface area contributed by atoms with Gasteiger partial charge in [0.1, 0.15) is 16.7 Å². The molecule has 2 heterocycles. The first-order valence-corrected chi connectivity index (χ1v) is 11.5. The summed E-state index contributed by atoms with van der Waals surface area (Å²) < 4.78 is 31.4. The van der Waals surface area contributed by atoms with E-state index in [1.54, 1.807) is 18.2 Å². The van der Waals surface area contributed by atoms with Gasteiger partial charge in [0, 0.05) is 49.2 Å². The van der Waals surface area contributed by atoms with Crippen LogP contribution in [0.15, 0.2) is 54.7 Å². The molecule has 4 rings (SSSR count). The molecule has 156 valence electrons. The van der Waals surface area contributed by atoms with Gasteiger partial charge < -0.3 is 19.5 Å². The molecule has 1 aliphatic heterocycles. The van der Waals surface area contributed by atoms with Crippen molar-refractivity contribution in [2.45, 2.75) is 6.42 Å². The molecule has 7 nitrogen and oxygen atoms in total. The van der Waals surface area contributed by atoms with Crippen molar-refractivity contribution in [2.75, 3.05) is 41.9 Å². The number of fused-ring (bicyclic) bond motifs is 1. The Morgan fingerprint density at radius 3 is 2.67 bits per heavy atom. The van der Waals surface area contributed by atoms with Gasteiger partial charge in [-0.2, -0.15) is 0 Å². The molecule has 2 aromatic carbocycles. The van der Waals surface area contributed by atoms with Crippen LogP contribution in [0.1, 0.15) is 5.56 Å². The third-order valence-electron chi connectivity index (χ3n) is 4.84. The van der Waals surface area contributed by atoms with E-state index in [1.807, 2.05) is 32.4 Å². The average Bonchev–Trinajstić information content (AvgIpc) is 3.17. The largest absolute Gasteiger partial charge is 0.593 e. The first-order chi connectivity index (χ1) is 14.3. The van der Waals surface area contributed by atoms with Crippen LogP contribution in [0.2, 0.25) is 0 Å². The molecule has 2 N–H and O–H groups in total. The highest BCUT2D eigenvalue weighted by molar-refractivity contribution is 7.98. The van der Waals surface area contributed by atoms with Crippen molar-refractivity contribution < 1.29 is 13.5 Å². The van der Waals surface area contributed by atoms with Crippen molar-refractivity contribution in [3.05, 3.63) is 60.3 Å². The molecular formula is C22H24N4O3S. The molecule has 1 unspecified atom stereocenters. The van der Waals surface area contributed by atoms with Crippen molar-refractivity contribution >= 4 is 33.3 Å². The quantitative estimate of drug-likeness (QED) is 0.580. The third-order valence-corrected chi connectivity index (χ3v) is 5.44. The number of sulfonamides is 1. The highest BCUT2D eigenvalue weighted by atomic mass is 32.3. The Kier molecular flexibility index (Phi) is 5.36. The van der Waals surface area contributed by atoms with Gasteiger partial charge >= 0.3 is 0 Å². The molecule has 0 spiro atoms. The zero-order valence-electron chi connectivity index (χ0n) is 17.1. The summed E-state index contributed by atoms with van der Waals surface area (Å²) in [4.78, 5) is 6.68. The fourth-order valence-electron chi connectivity index (χ4n) is 3.49. The Morgan fingerprint density at radius 1 is 1.13 bits per heavy atom. The lowest BCUT2D eigenvalue weighted by Crippen LogP contribution is -2.17. The van der Waals surface area contributed by atoms with Crippen molar-refractivity contribution in [2.24, 2.45) is 0 Å². The molecule has 0 amide bonds. The van der Waals surface area contributed by atoms with Gasteiger partial charge in [-0.25, -0.2) is 9.71 Å². The standard InChI is InChI=1S/C22H24N4O3S/c1-26(2)18-9-4-6-15(12-18)20-14-23-22(21-19(20)10-11-29-21)24-16-7-5-8-17(13-16)25-30(3,27)28/h4-9,12-14H,10-11H2,1-3H3,(H2-,23,24,25,27,28). The predicted molar refractivity (Wildman–Crippen MR) is 121 cm³/mol. The number of nitrogens with zero attached hydrogens (tertiary/aromatic N) is 2. The van der Waals surface area contributed by atoms with Crippen LogP contribution in [0.3, 0.4) is 0 Å². The topological polar surface area (TPSA) is 89.6 Å². The SMILES string of the molecule is CN(C)c1cccc(-c2cnc(Nc3cccc(N[S+](C)(=O)[O-])c3)c3c2CCO3)c1. The number of ether oxygens (including phenoxy) is 1. The second kappa shape index (κ2) is 7.97. The molecule has 8 heteroatoms. The highest BCUT2D eigenvalue weighted by Crippen LogP contribution is 2.40. The van der Waals surface area contributed by atoms with Crippen LogP contribution < -0.4 is 19.7 Å². The lowest BCUT2D eigenvalue weighted by molar-refractivity contribution is 0.357. The van der Waals surface area contributed by atoms with E-state index in [4.69, 9.17) is 4.74 Å². The summed E-state index contributed by atoms with van der Waals surface area (Å²) in [6.07, 6.45) is 3.80. The molecule has 0 bridgehead atoms. The van der Waals surface area contributed by atoms with Crippen LogP contribution in [0.5, 0.6) is 5.75 Å². The van der Waals surface area contributed by atoms with Crippen LogP contribution >= 0.6 is 0 Å². The summed E-state index contributed by atoms with van der Waals surface area (Å²) in [6, 6.07) is 15.4. The molecule has 30 heavy (non-hydrogen) atoms. The molecule has 0 saturated carbocycles. The van der Waals surface area contributed by atoms with Crippen molar-refractivity contribution in [1.82, 2.24) is 4.98 Å². The minimum Gasteiger partial charge on any atom is -0.593 e. The lowest BCUT2D eigenvalue weighted by atomic mass is 9.99. The van der Waals surface area contributed by atoms with E-state index in [1.165, 1.54) is 0 Å². The Balaban J connectivity index is 1.66. The summed E-state index contributed by atoms with van der Waals surface area (Å²) >= 11 is 0. The first-order valence-electron chi connectivity index (χ1n) is 9.57. The van der Waals surface area contributed by atoms with Gasteiger partial charge in [0.25, 0.3) is 0 Å². The Morgan fingerprint density at radius 2 is 1.90 bits per heavy atom. The van der Waals surface area contributed by atoms with Crippen molar-refractivity contribution in [3.8, 4) is 16.9 Å². The monoisotopic (exact) mass is 424 g/mol. The smallest absolute Gasteiger partial charge is 0.173 e. The van der Waals surface area contributed by atoms with Crippen molar-refractivity contribution in [3.63, 3.8) is 0 Å². The number of rotatable bonds is 6. The molecule has 0 radical (unpaired) electrons. The van der Waals surface area contributed by atoms with E-state index in [-0.39, 0.29) is 0 Å². The normalized spacial score (nSPS) is 14.4. The van der Waals surface area contributed by atoms with Gasteiger partial charge in [0.05, 0.1) is 12.3 Å². The number of hydrogen-bond donors (Lipinski definition) is 2. The number of anilines is 4. The summed E-state index contributed by atoms with van der Waals surface area (Å²) in [7, 11) is 0.693. The van der Waals surface area contributed by atoms with Gasteiger partial charge in [-0.1, -0.05) is 22.4 Å². The number of aromatic nitrogens is 1. The highest BCUT2D eigenvalue weighted by Gasteiger charge is 2.23. The predicted octanol–water partition coefficient (Wildman–Crippen LogP) is 4.08. The van der Waals surface area contributed by atoms with Gasteiger partial charge in [-0.15, -0.1) is 0 Å². The second-order valence-electron chi connectivity index (χ2n) is 7.45. The maximum atomic E-state index is 11.5. The Labute approximate surface area is 177 Å². The van der Waals surface area contributed by atoms with Crippen molar-refractivity contribution in [1.29, 1.82) is 0 Å². The number of hydrogen-bond acceptors (Lipinski definition) is 6. The van der Waals surface area contributed by atoms with Gasteiger partial charge in [0.15, 0.2) is 11.6 Å². The number of benzene rings is 2. The van der Waals surface area contributed by atoms with Gasteiger partial charge in [-0.3, -0.25) is 0 Å². The third kappa shape index (κ3) is 4.39. The van der Waals surface area contributed by atoms with Crippen LogP contribution in [0.25, 0.3) is 11.1 Å². The first kappa shape index (κ1) is 20.2. The zero-order chi connectivity index (χ0) is 21.3. The fourth-order valence-corrected chi connectivity index (χ4v) is 4.05. The molecule has 1 aromatic heterocycles. The summed E-state index contributed by atoms with van der Waals surface area (Å²) in [5.41, 5.74) is 5.60. The van der Waals surface area contributed by atoms with Crippen LogP contribution in [0.4, 0.5) is 22.9 Å². The molecule has 0 aliphatic carbocycles. The zero-order valence-corrected chi connectivity index (χ0v) is 18.0. The minimum atomic E-state index is -3.34. The lowest BCUT2D eigenvalue weighted by Gasteiger charge is -2.16. The van der Waals surface area contributed by atoms with E-state index >= 15 is 0 Å². The van der Waals surface area contributed by atoms with Crippen LogP contribution in [-0.4, -0.2) is 36.5 Å². The van der Waals surface area contributed by atoms with Gasteiger partial charge in [0.2, 0.25) is 0 Å². The van der Waals surface area contributed by atoms with E-state index in [0.29, 0.717) is 18.1 Å². The molecule has 1 atom stereocenters. The summed E-state index contributed by atoms with van der Waals surface area (Å²) in [5, 5.41) is 3.26. The summed E-state index contributed by atoms with van der Waals surface area (Å²) in [5.74, 6) is 1.36. The number of nitrogens with one attached hydrogen (secondary N) is 2. The maximum Gasteiger partial charge on any atom is 0.173 e. The summed E-state index contributed by atoms with van der Waals surface area (Å²) in [6.45, 7) is 0.603. The molecule has 0 saturated heterocycles.